The van der Waals surface area contributed by atoms with Gasteiger partial charge in [0, 0.05) is 42.0 Å². The predicted molar refractivity (Wildman–Crippen MR) is 227 cm³/mol. The van der Waals surface area contributed by atoms with E-state index in [1.807, 2.05) is 12.2 Å². The summed E-state index contributed by atoms with van der Waals surface area (Å²) >= 11 is 0. The quantitative estimate of drug-likeness (QED) is 0.174. The minimum Gasteiger partial charge on any atom is -0.506 e. The standard InChI is InChI=1S/C50H56N2O4/c1-9-51(10-2)33-15-19-35-29(23-43(55-45(35)27-33)37-17-13-31-25-41(37)49(31,5)6)21-39-47(53)40(48(39)54)22-30-24-44(38-18-14-32-26-42(38)50(32,7)8)56-46-28-34(16-20-36(30)46)52(11-3)12-4/h15-24,27-28,31-32,41-42H,9-14,25-26H2,1-8H3/p+1/t31-,32-,41-,42-/m0/s1. The number of Topliss-reactive ketones (excluding diaryl/α,β-unsaturated/α-hetero) is 1. The van der Waals surface area contributed by atoms with Gasteiger partial charge in [-0.2, -0.15) is 0 Å². The van der Waals surface area contributed by atoms with E-state index in [-0.39, 0.29) is 22.4 Å². The molecule has 2 aliphatic heterocycles. The lowest BCUT2D eigenvalue weighted by molar-refractivity contribution is -0.113. The normalized spacial score (nSPS) is 26.7. The van der Waals surface area contributed by atoms with Crippen molar-refractivity contribution in [2.75, 3.05) is 31.1 Å². The molecule has 10 aliphatic rings. The van der Waals surface area contributed by atoms with E-state index >= 15 is 0 Å². The molecule has 290 valence electrons. The highest BCUT2D eigenvalue weighted by Crippen LogP contribution is 2.62. The van der Waals surface area contributed by atoms with Gasteiger partial charge in [0.2, 0.25) is 11.1 Å². The average molecular weight is 750 g/mol. The maximum absolute atomic E-state index is 14.2. The number of aliphatic hydroxyl groups excluding tert-OH is 1. The van der Waals surface area contributed by atoms with Crippen LogP contribution in [0.25, 0.3) is 28.5 Å². The first-order valence-corrected chi connectivity index (χ1v) is 21.1. The number of carbonyl (C=O) groups excluding carboxylic acids is 1. The second kappa shape index (κ2) is 13.4. The van der Waals surface area contributed by atoms with Crippen LogP contribution in [0.5, 0.6) is 5.75 Å². The van der Waals surface area contributed by atoms with Gasteiger partial charge in [0.1, 0.15) is 41.9 Å². The van der Waals surface area contributed by atoms with Crippen molar-refractivity contribution in [2.24, 2.45) is 34.5 Å². The molecule has 6 nitrogen and oxygen atoms in total. The monoisotopic (exact) mass is 749 g/mol. The summed E-state index contributed by atoms with van der Waals surface area (Å²) in [4.78, 5) is 16.5. The first-order chi connectivity index (χ1) is 26.9. The highest BCUT2D eigenvalue weighted by atomic mass is 16.5. The van der Waals surface area contributed by atoms with Crippen LogP contribution in [-0.4, -0.2) is 37.1 Å². The largest absolute Gasteiger partial charge is 0.506 e. The van der Waals surface area contributed by atoms with Crippen molar-refractivity contribution in [1.29, 1.82) is 0 Å². The number of hydrogen-bond acceptors (Lipinski definition) is 5. The molecule has 2 saturated carbocycles. The summed E-state index contributed by atoms with van der Waals surface area (Å²) in [5, 5.41) is 12.8. The Balaban J connectivity index is 1.14. The molecule has 0 spiro atoms. The van der Waals surface area contributed by atoms with Crippen molar-refractivity contribution in [3.63, 3.8) is 0 Å². The maximum Gasteiger partial charge on any atom is 0.203 e. The molecule has 6 heteroatoms. The second-order valence-electron chi connectivity index (χ2n) is 18.0. The fourth-order valence-electron chi connectivity index (χ4n) is 10.8. The molecule has 8 aliphatic carbocycles. The molecule has 4 bridgehead atoms. The summed E-state index contributed by atoms with van der Waals surface area (Å²) in [7, 11) is 0. The number of aliphatic hydroxyl groups is 1. The maximum atomic E-state index is 14.2. The number of nitrogens with zero attached hydrogens (tertiary/aromatic N) is 2. The SMILES string of the molecule is CCN(CC)c1ccc2c(c1)OC(C1=CC[C@H]3C[C@@H]1C3(C)C)=CC2=CC1=C(O)C(=Cc2cc(C3=CC[C@H]4C[C@@H]3C4(C)C)oc3cc(=[N+](CC)CC)ccc2-3)C1=O. The van der Waals surface area contributed by atoms with Crippen molar-refractivity contribution in [2.45, 2.75) is 81.1 Å². The Hall–Kier alpha value is -4.84. The Kier molecular flexibility index (Phi) is 8.79. The summed E-state index contributed by atoms with van der Waals surface area (Å²) in [6, 6.07) is 14.8. The van der Waals surface area contributed by atoms with E-state index in [0.29, 0.717) is 34.8 Å². The molecule has 1 N–H and O–H groups in total. The number of hydrogen-bond donors (Lipinski definition) is 1. The topological polar surface area (TPSA) is 65.9 Å². The van der Waals surface area contributed by atoms with Gasteiger partial charge >= 0.3 is 0 Å². The van der Waals surface area contributed by atoms with Gasteiger partial charge in [0.25, 0.3) is 0 Å². The minimum absolute atomic E-state index is 0.0280. The number of ether oxygens (including phenoxy) is 1. The summed E-state index contributed by atoms with van der Waals surface area (Å²) in [6.07, 6.45) is 15.0. The number of benzene rings is 2. The van der Waals surface area contributed by atoms with Gasteiger partial charge in [0.15, 0.2) is 0 Å². The zero-order chi connectivity index (χ0) is 39.3. The van der Waals surface area contributed by atoms with Gasteiger partial charge in [-0.15, -0.1) is 0 Å². The Morgan fingerprint density at radius 3 is 2.11 bits per heavy atom. The molecule has 0 radical (unpaired) electrons. The number of rotatable bonds is 9. The van der Waals surface area contributed by atoms with Gasteiger partial charge in [-0.3, -0.25) is 4.79 Å². The van der Waals surface area contributed by atoms with E-state index < -0.39 is 0 Å². The smallest absolute Gasteiger partial charge is 0.203 e. The summed E-state index contributed by atoms with van der Waals surface area (Å²) in [6.45, 7) is 21.8. The van der Waals surface area contributed by atoms with E-state index in [1.54, 1.807) is 0 Å². The number of anilines is 1. The Labute approximate surface area is 332 Å². The van der Waals surface area contributed by atoms with E-state index in [2.05, 4.69) is 126 Å². The van der Waals surface area contributed by atoms with Crippen LogP contribution in [0.4, 0.5) is 5.69 Å². The van der Waals surface area contributed by atoms with Gasteiger partial charge in [-0.25, -0.2) is 4.58 Å². The van der Waals surface area contributed by atoms with Crippen molar-refractivity contribution >= 4 is 28.7 Å². The minimum atomic E-state index is -0.160. The van der Waals surface area contributed by atoms with Gasteiger partial charge in [-0.05, 0) is 153 Å². The third kappa shape index (κ3) is 5.56. The Morgan fingerprint density at radius 1 is 0.821 bits per heavy atom. The van der Waals surface area contributed by atoms with Crippen LogP contribution < -0.4 is 19.6 Å². The number of ketones is 1. The number of allylic oxidation sites excluding steroid dienone is 9. The van der Waals surface area contributed by atoms with Crippen LogP contribution in [0.1, 0.15) is 98.0 Å². The van der Waals surface area contributed by atoms with E-state index in [9.17, 15) is 9.90 Å². The highest BCUT2D eigenvalue weighted by Gasteiger charge is 2.53. The molecular weight excluding hydrogens is 693 g/mol. The van der Waals surface area contributed by atoms with Crippen LogP contribution in [0, 0.1) is 34.5 Å². The fourth-order valence-corrected chi connectivity index (χ4v) is 10.8. The first-order valence-electron chi connectivity index (χ1n) is 21.1. The molecule has 0 amide bonds. The molecule has 11 rings (SSSR count). The molecule has 2 fully saturated rings. The zero-order valence-corrected chi connectivity index (χ0v) is 34.5. The average Bonchev–Trinajstić information content (AvgIpc) is 3.21. The van der Waals surface area contributed by atoms with Crippen LogP contribution >= 0.6 is 0 Å². The van der Waals surface area contributed by atoms with Gasteiger partial charge < -0.3 is 19.2 Å². The van der Waals surface area contributed by atoms with Gasteiger partial charge in [-0.1, -0.05) is 39.8 Å². The summed E-state index contributed by atoms with van der Waals surface area (Å²) in [5.74, 6) is 5.46. The first kappa shape index (κ1) is 36.8. The molecule has 0 unspecified atom stereocenters. The van der Waals surface area contributed by atoms with Crippen molar-refractivity contribution in [3.05, 3.63) is 117 Å². The third-order valence-electron chi connectivity index (χ3n) is 14.9. The zero-order valence-electron chi connectivity index (χ0n) is 34.5. The number of carbonyl (C=O) groups is 1. The van der Waals surface area contributed by atoms with E-state index in [1.165, 1.54) is 24.0 Å². The molecule has 1 aromatic rings. The molecule has 2 heterocycles. The highest BCUT2D eigenvalue weighted by molar-refractivity contribution is 6.24. The second-order valence-corrected chi connectivity index (χ2v) is 18.0. The molecule has 4 atom stereocenters. The Bertz CT molecular complexity index is 2400. The summed E-state index contributed by atoms with van der Waals surface area (Å²) < 4.78 is 15.8. The lowest BCUT2D eigenvalue weighted by atomic mass is 9.48. The van der Waals surface area contributed by atoms with E-state index in [4.69, 9.17) is 9.15 Å². The van der Waals surface area contributed by atoms with Crippen LogP contribution in [0.2, 0.25) is 0 Å². The predicted octanol–water partition coefficient (Wildman–Crippen LogP) is 10.6. The molecule has 56 heavy (non-hydrogen) atoms. The van der Waals surface area contributed by atoms with Crippen LogP contribution in [0.3, 0.4) is 0 Å². The van der Waals surface area contributed by atoms with Crippen molar-refractivity contribution in [1.82, 2.24) is 4.58 Å². The molecule has 0 aromatic heterocycles. The molecule has 1 aromatic carbocycles. The van der Waals surface area contributed by atoms with Crippen LogP contribution in [-0.2, 0) is 4.79 Å². The summed E-state index contributed by atoms with van der Waals surface area (Å²) in [5.41, 5.74) is 8.35. The molecule has 0 saturated heterocycles. The van der Waals surface area contributed by atoms with Crippen molar-refractivity contribution < 1.29 is 19.1 Å². The van der Waals surface area contributed by atoms with Crippen molar-refractivity contribution in [3.8, 4) is 17.1 Å². The third-order valence-corrected chi connectivity index (χ3v) is 14.9. The molecular formula is C50H57N2O4+. The lowest BCUT2D eigenvalue weighted by Gasteiger charge is -2.56. The fraction of sp³-hybridized carbons (Fsp3) is 0.440. The van der Waals surface area contributed by atoms with Gasteiger partial charge in [0.05, 0.1) is 17.2 Å². The Morgan fingerprint density at radius 2 is 1.48 bits per heavy atom. The van der Waals surface area contributed by atoms with Crippen LogP contribution in [0.15, 0.2) is 99.4 Å². The van der Waals surface area contributed by atoms with E-state index in [0.717, 1.165) is 95.4 Å². The lowest BCUT2D eigenvalue weighted by Crippen LogP contribution is -2.48. The number of fused-ring (bicyclic) bond motifs is 4.